The molecule has 1 saturated heterocycles. The molecule has 1 aliphatic heterocycles. The van der Waals surface area contributed by atoms with Crippen LogP contribution >= 0.6 is 0 Å². The first kappa shape index (κ1) is 16.7. The minimum atomic E-state index is -0.0394. The van der Waals surface area contributed by atoms with Gasteiger partial charge in [-0.15, -0.1) is 0 Å². The van der Waals surface area contributed by atoms with E-state index in [0.29, 0.717) is 6.61 Å². The first-order valence-corrected chi connectivity index (χ1v) is 8.74. The van der Waals surface area contributed by atoms with Crippen molar-refractivity contribution in [1.29, 1.82) is 0 Å². The van der Waals surface area contributed by atoms with Crippen molar-refractivity contribution in [3.05, 3.63) is 66.2 Å². The zero-order valence-corrected chi connectivity index (χ0v) is 14.7. The second kappa shape index (κ2) is 7.63. The zero-order chi connectivity index (χ0) is 17.8. The topological polar surface area (TPSA) is 68.1 Å². The van der Waals surface area contributed by atoms with Crippen LogP contribution in [0.2, 0.25) is 0 Å². The number of hydrogen-bond donors (Lipinski definition) is 1. The molecule has 0 radical (unpaired) electrons. The number of nitrogens with zero attached hydrogens (tertiary/aromatic N) is 5. The summed E-state index contributed by atoms with van der Waals surface area (Å²) < 4.78 is 7.90. The lowest BCUT2D eigenvalue weighted by Gasteiger charge is -2.32. The molecule has 7 nitrogen and oxygen atoms in total. The largest absolute Gasteiger partial charge is 0.369 e. The lowest BCUT2D eigenvalue weighted by molar-refractivity contribution is -0.0355. The van der Waals surface area contributed by atoms with E-state index in [1.54, 1.807) is 6.20 Å². The highest BCUT2D eigenvalue weighted by molar-refractivity contribution is 5.51. The van der Waals surface area contributed by atoms with E-state index in [1.165, 1.54) is 5.69 Å². The summed E-state index contributed by atoms with van der Waals surface area (Å²) in [4.78, 5) is 11.4. The molecule has 3 aromatic rings. The number of aryl methyl sites for hydroxylation is 1. The van der Waals surface area contributed by atoms with E-state index in [0.717, 1.165) is 37.0 Å². The fourth-order valence-corrected chi connectivity index (χ4v) is 3.08. The summed E-state index contributed by atoms with van der Waals surface area (Å²) in [5.74, 6) is 1.55. The van der Waals surface area contributed by atoms with Gasteiger partial charge in [0, 0.05) is 39.1 Å². The van der Waals surface area contributed by atoms with Gasteiger partial charge in [-0.05, 0) is 30.3 Å². The van der Waals surface area contributed by atoms with E-state index in [4.69, 9.17) is 9.72 Å². The van der Waals surface area contributed by atoms with Crippen molar-refractivity contribution >= 4 is 11.6 Å². The van der Waals surface area contributed by atoms with Crippen molar-refractivity contribution in [2.45, 2.75) is 12.6 Å². The Morgan fingerprint density at radius 1 is 1.12 bits per heavy atom. The summed E-state index contributed by atoms with van der Waals surface area (Å²) >= 11 is 0. The maximum atomic E-state index is 5.98. The van der Waals surface area contributed by atoms with E-state index < -0.39 is 0 Å². The second-order valence-corrected chi connectivity index (χ2v) is 6.33. The van der Waals surface area contributed by atoms with Crippen LogP contribution in [0.5, 0.6) is 0 Å². The Labute approximate surface area is 152 Å². The van der Waals surface area contributed by atoms with Crippen LogP contribution in [0.3, 0.4) is 0 Å². The van der Waals surface area contributed by atoms with Crippen LogP contribution in [0, 0.1) is 0 Å². The van der Waals surface area contributed by atoms with Gasteiger partial charge in [0.2, 0.25) is 0 Å². The predicted octanol–water partition coefficient (Wildman–Crippen LogP) is 2.53. The van der Waals surface area contributed by atoms with E-state index >= 15 is 0 Å². The number of nitrogens with one attached hydrogen (secondary N) is 1. The Balaban J connectivity index is 1.45. The lowest BCUT2D eigenvalue weighted by Crippen LogP contribution is -2.38. The highest BCUT2D eigenvalue weighted by Gasteiger charge is 2.24. The Morgan fingerprint density at radius 3 is 2.85 bits per heavy atom. The van der Waals surface area contributed by atoms with E-state index in [1.807, 2.05) is 54.3 Å². The van der Waals surface area contributed by atoms with Gasteiger partial charge in [0.25, 0.3) is 0 Å². The summed E-state index contributed by atoms with van der Waals surface area (Å²) in [6, 6.07) is 13.8. The van der Waals surface area contributed by atoms with Crippen LogP contribution in [0.25, 0.3) is 0 Å². The van der Waals surface area contributed by atoms with Crippen molar-refractivity contribution in [3.63, 3.8) is 0 Å². The molecule has 1 aliphatic rings. The van der Waals surface area contributed by atoms with Gasteiger partial charge in [-0.25, -0.2) is 9.97 Å². The molecule has 1 fully saturated rings. The molecule has 1 unspecified atom stereocenters. The molecule has 0 spiro atoms. The van der Waals surface area contributed by atoms with Crippen LogP contribution in [0.15, 0.2) is 54.9 Å². The number of anilines is 2. The van der Waals surface area contributed by atoms with E-state index in [9.17, 15) is 0 Å². The Hall–Kier alpha value is -2.77. The fourth-order valence-electron chi connectivity index (χ4n) is 3.08. The molecule has 0 aliphatic carbocycles. The number of hydrogen-bond acceptors (Lipinski definition) is 6. The van der Waals surface area contributed by atoms with Gasteiger partial charge >= 0.3 is 0 Å². The molecule has 7 heteroatoms. The molecule has 4 heterocycles. The first-order valence-electron chi connectivity index (χ1n) is 8.74. The Bertz CT molecular complexity index is 850. The number of aromatic nitrogens is 4. The Morgan fingerprint density at radius 2 is 2.04 bits per heavy atom. The molecule has 3 aromatic heterocycles. The average molecular weight is 350 g/mol. The SMILES string of the molecule is Cn1nccc1CN1CCOC(c2cccc(Nc3ccccn3)n2)C1. The normalized spacial score (nSPS) is 18.0. The van der Waals surface area contributed by atoms with E-state index in [-0.39, 0.29) is 6.10 Å². The molecule has 26 heavy (non-hydrogen) atoms. The number of rotatable bonds is 5. The first-order chi connectivity index (χ1) is 12.8. The smallest absolute Gasteiger partial charge is 0.131 e. The minimum absolute atomic E-state index is 0.0394. The average Bonchev–Trinajstić information content (AvgIpc) is 3.08. The second-order valence-electron chi connectivity index (χ2n) is 6.33. The molecule has 0 saturated carbocycles. The van der Waals surface area contributed by atoms with Crippen molar-refractivity contribution < 1.29 is 4.74 Å². The molecular weight excluding hydrogens is 328 g/mol. The van der Waals surface area contributed by atoms with Crippen LogP contribution in [0.4, 0.5) is 11.6 Å². The minimum Gasteiger partial charge on any atom is -0.369 e. The number of ether oxygens (including phenoxy) is 1. The van der Waals surface area contributed by atoms with Gasteiger partial charge in [0.05, 0.1) is 18.0 Å². The van der Waals surface area contributed by atoms with Crippen molar-refractivity contribution in [2.24, 2.45) is 7.05 Å². The van der Waals surface area contributed by atoms with Gasteiger partial charge in [-0.2, -0.15) is 5.10 Å². The molecule has 1 N–H and O–H groups in total. The summed E-state index contributed by atoms with van der Waals surface area (Å²) in [6.07, 6.45) is 3.55. The molecule has 4 rings (SSSR count). The van der Waals surface area contributed by atoms with Crippen LogP contribution in [-0.2, 0) is 18.3 Å². The standard InChI is InChI=1S/C19H22N6O/c1-24-15(8-10-21-24)13-25-11-12-26-17(14-25)16-5-4-7-19(22-16)23-18-6-2-3-9-20-18/h2-10,17H,11-14H2,1H3,(H,20,22,23). The third-order valence-corrected chi connectivity index (χ3v) is 4.48. The maximum Gasteiger partial charge on any atom is 0.131 e. The molecule has 0 bridgehead atoms. The summed E-state index contributed by atoms with van der Waals surface area (Å²) in [5, 5.41) is 7.48. The van der Waals surface area contributed by atoms with Gasteiger partial charge in [-0.1, -0.05) is 12.1 Å². The molecular formula is C19H22N6O. The molecule has 0 aromatic carbocycles. The van der Waals surface area contributed by atoms with Crippen molar-refractivity contribution in [2.75, 3.05) is 25.0 Å². The fraction of sp³-hybridized carbons (Fsp3) is 0.316. The summed E-state index contributed by atoms with van der Waals surface area (Å²) in [6.45, 7) is 3.28. The third-order valence-electron chi connectivity index (χ3n) is 4.48. The van der Waals surface area contributed by atoms with Gasteiger partial charge in [-0.3, -0.25) is 9.58 Å². The number of pyridine rings is 2. The van der Waals surface area contributed by atoms with Gasteiger partial charge < -0.3 is 10.1 Å². The van der Waals surface area contributed by atoms with Crippen molar-refractivity contribution in [1.82, 2.24) is 24.6 Å². The monoisotopic (exact) mass is 350 g/mol. The number of morpholine rings is 1. The summed E-state index contributed by atoms with van der Waals surface area (Å²) in [5.41, 5.74) is 2.13. The third kappa shape index (κ3) is 3.89. The Kier molecular flexibility index (Phi) is 4.90. The highest BCUT2D eigenvalue weighted by atomic mass is 16.5. The highest BCUT2D eigenvalue weighted by Crippen LogP contribution is 2.23. The van der Waals surface area contributed by atoms with Crippen molar-refractivity contribution in [3.8, 4) is 0 Å². The summed E-state index contributed by atoms with van der Waals surface area (Å²) in [7, 11) is 1.97. The molecule has 134 valence electrons. The lowest BCUT2D eigenvalue weighted by atomic mass is 10.2. The molecule has 1 atom stereocenters. The van der Waals surface area contributed by atoms with Gasteiger partial charge in [0.15, 0.2) is 0 Å². The predicted molar refractivity (Wildman–Crippen MR) is 98.9 cm³/mol. The zero-order valence-electron chi connectivity index (χ0n) is 14.7. The van der Waals surface area contributed by atoms with E-state index in [2.05, 4.69) is 26.4 Å². The van der Waals surface area contributed by atoms with Crippen LogP contribution in [0.1, 0.15) is 17.5 Å². The maximum absolute atomic E-state index is 5.98. The van der Waals surface area contributed by atoms with Crippen LogP contribution < -0.4 is 5.32 Å². The quantitative estimate of drug-likeness (QED) is 0.763. The van der Waals surface area contributed by atoms with Gasteiger partial charge in [0.1, 0.15) is 17.7 Å². The van der Waals surface area contributed by atoms with Crippen LogP contribution in [-0.4, -0.2) is 44.3 Å². The molecule has 0 amide bonds.